The van der Waals surface area contributed by atoms with Crippen LogP contribution in [0.2, 0.25) is 0 Å². The van der Waals surface area contributed by atoms with Crippen molar-refractivity contribution in [3.63, 3.8) is 0 Å². The van der Waals surface area contributed by atoms with Crippen molar-refractivity contribution in [1.82, 2.24) is 0 Å². The van der Waals surface area contributed by atoms with Crippen LogP contribution in [0, 0.1) is 0 Å². The van der Waals surface area contributed by atoms with Crippen molar-refractivity contribution in [3.8, 4) is 0 Å². The third kappa shape index (κ3) is 4.52. The highest BCUT2D eigenvalue weighted by atomic mass is 32.2. The van der Waals surface area contributed by atoms with Gasteiger partial charge >= 0.3 is 0 Å². The molecule has 1 heterocycles. The lowest BCUT2D eigenvalue weighted by molar-refractivity contribution is 0.527. The predicted molar refractivity (Wildman–Crippen MR) is 66.7 cm³/mol. The van der Waals surface area contributed by atoms with Gasteiger partial charge in [0.25, 0.3) is 0 Å². The van der Waals surface area contributed by atoms with Crippen LogP contribution in [0.5, 0.6) is 0 Å². The summed E-state index contributed by atoms with van der Waals surface area (Å²) in [6, 6.07) is 0.450. The predicted octanol–water partition coefficient (Wildman–Crippen LogP) is 3.35. The fourth-order valence-electron chi connectivity index (χ4n) is 1.97. The van der Waals surface area contributed by atoms with E-state index in [-0.39, 0.29) is 0 Å². The van der Waals surface area contributed by atoms with Gasteiger partial charge in [0.2, 0.25) is 0 Å². The van der Waals surface area contributed by atoms with Gasteiger partial charge in [-0.2, -0.15) is 11.8 Å². The first-order valence-electron chi connectivity index (χ1n) is 5.82. The molecule has 2 heteroatoms. The maximum atomic E-state index is 6.15. The summed E-state index contributed by atoms with van der Waals surface area (Å²) in [6.07, 6.45) is 11.0. The summed E-state index contributed by atoms with van der Waals surface area (Å²) in [6.45, 7) is 3.73. The van der Waals surface area contributed by atoms with Gasteiger partial charge in [-0.3, -0.25) is 0 Å². The summed E-state index contributed by atoms with van der Waals surface area (Å²) in [7, 11) is 0. The highest BCUT2D eigenvalue weighted by Crippen LogP contribution is 2.29. The second kappa shape index (κ2) is 7.36. The highest BCUT2D eigenvalue weighted by molar-refractivity contribution is 8.00. The van der Waals surface area contributed by atoms with Crippen molar-refractivity contribution in [3.05, 3.63) is 12.7 Å². The van der Waals surface area contributed by atoms with Crippen molar-refractivity contribution < 1.29 is 0 Å². The Morgan fingerprint density at radius 3 is 2.93 bits per heavy atom. The SMILES string of the molecule is C=CCCCCCC(N)C1CCCS1. The Morgan fingerprint density at radius 1 is 1.43 bits per heavy atom. The molecular weight excluding hydrogens is 190 g/mol. The monoisotopic (exact) mass is 213 g/mol. The summed E-state index contributed by atoms with van der Waals surface area (Å²) in [5.41, 5.74) is 6.15. The third-order valence-electron chi connectivity index (χ3n) is 2.89. The summed E-state index contributed by atoms with van der Waals surface area (Å²) < 4.78 is 0. The third-order valence-corrected chi connectivity index (χ3v) is 4.43. The molecule has 2 unspecified atom stereocenters. The molecule has 0 spiro atoms. The van der Waals surface area contributed by atoms with Crippen molar-refractivity contribution in [2.45, 2.75) is 56.2 Å². The van der Waals surface area contributed by atoms with Gasteiger partial charge < -0.3 is 5.73 Å². The first-order chi connectivity index (χ1) is 6.84. The second-order valence-corrected chi connectivity index (χ2v) is 5.49. The Morgan fingerprint density at radius 2 is 2.29 bits per heavy atom. The number of allylic oxidation sites excluding steroid dienone is 1. The van der Waals surface area contributed by atoms with Crippen molar-refractivity contribution >= 4 is 11.8 Å². The lowest BCUT2D eigenvalue weighted by atomic mass is 10.0. The first kappa shape index (κ1) is 12.1. The van der Waals surface area contributed by atoms with Gasteiger partial charge in [0, 0.05) is 11.3 Å². The maximum Gasteiger partial charge on any atom is 0.0199 e. The van der Waals surface area contributed by atoms with Gasteiger partial charge in [-0.05, 0) is 37.9 Å². The quantitative estimate of drug-likeness (QED) is 0.518. The molecule has 0 saturated carbocycles. The standard InChI is InChI=1S/C12H23NS/c1-2-3-4-5-6-8-11(13)12-9-7-10-14-12/h2,11-12H,1,3-10,13H2. The van der Waals surface area contributed by atoms with E-state index in [2.05, 4.69) is 18.3 Å². The first-order valence-corrected chi connectivity index (χ1v) is 6.87. The molecule has 1 fully saturated rings. The number of hydrogen-bond donors (Lipinski definition) is 1. The van der Waals surface area contributed by atoms with E-state index in [1.807, 2.05) is 6.08 Å². The van der Waals surface area contributed by atoms with Gasteiger partial charge in [0.05, 0.1) is 0 Å². The van der Waals surface area contributed by atoms with Crippen LogP contribution >= 0.6 is 11.8 Å². The summed E-state index contributed by atoms with van der Waals surface area (Å²) in [5, 5.41) is 0.759. The van der Waals surface area contributed by atoms with E-state index < -0.39 is 0 Å². The summed E-state index contributed by atoms with van der Waals surface area (Å²) in [4.78, 5) is 0. The molecule has 0 radical (unpaired) electrons. The molecular formula is C12H23NS. The Hall–Kier alpha value is 0.0500. The molecule has 0 bridgehead atoms. The molecule has 1 saturated heterocycles. The Labute approximate surface area is 92.5 Å². The smallest absolute Gasteiger partial charge is 0.0199 e. The zero-order valence-electron chi connectivity index (χ0n) is 9.08. The largest absolute Gasteiger partial charge is 0.327 e. The summed E-state index contributed by atoms with van der Waals surface area (Å²) in [5.74, 6) is 1.33. The average Bonchev–Trinajstić information content (AvgIpc) is 2.70. The van der Waals surface area contributed by atoms with Crippen LogP contribution < -0.4 is 5.73 Å². The minimum atomic E-state index is 0.450. The lowest BCUT2D eigenvalue weighted by Gasteiger charge is -2.17. The van der Waals surface area contributed by atoms with Gasteiger partial charge in [-0.1, -0.05) is 18.9 Å². The van der Waals surface area contributed by atoms with E-state index in [0.717, 1.165) is 11.7 Å². The van der Waals surface area contributed by atoms with E-state index in [4.69, 9.17) is 5.73 Å². The molecule has 0 aliphatic carbocycles. The van der Waals surface area contributed by atoms with E-state index in [1.165, 1.54) is 44.3 Å². The van der Waals surface area contributed by atoms with Crippen LogP contribution in [0.3, 0.4) is 0 Å². The van der Waals surface area contributed by atoms with Gasteiger partial charge in [-0.25, -0.2) is 0 Å². The number of hydrogen-bond acceptors (Lipinski definition) is 2. The number of thioether (sulfide) groups is 1. The van der Waals surface area contributed by atoms with E-state index in [0.29, 0.717) is 6.04 Å². The number of rotatable bonds is 7. The maximum absolute atomic E-state index is 6.15. The Balaban J connectivity index is 1.96. The average molecular weight is 213 g/mol. The van der Waals surface area contributed by atoms with Gasteiger partial charge in [0.15, 0.2) is 0 Å². The molecule has 1 nitrogen and oxygen atoms in total. The van der Waals surface area contributed by atoms with E-state index in [1.54, 1.807) is 0 Å². The molecule has 1 rings (SSSR count). The molecule has 1 aliphatic rings. The van der Waals surface area contributed by atoms with E-state index in [9.17, 15) is 0 Å². The van der Waals surface area contributed by atoms with Crippen LogP contribution in [0.15, 0.2) is 12.7 Å². The molecule has 2 N–H and O–H groups in total. The molecule has 0 aromatic heterocycles. The number of nitrogens with two attached hydrogens (primary N) is 1. The molecule has 14 heavy (non-hydrogen) atoms. The van der Waals surface area contributed by atoms with Gasteiger partial charge in [-0.15, -0.1) is 6.58 Å². The topological polar surface area (TPSA) is 26.0 Å². The van der Waals surface area contributed by atoms with Crippen molar-refractivity contribution in [2.75, 3.05) is 5.75 Å². The van der Waals surface area contributed by atoms with Gasteiger partial charge in [0.1, 0.15) is 0 Å². The lowest BCUT2D eigenvalue weighted by Crippen LogP contribution is -2.30. The van der Waals surface area contributed by atoms with Crippen LogP contribution in [0.1, 0.15) is 44.9 Å². The zero-order chi connectivity index (χ0) is 10.2. The minimum absolute atomic E-state index is 0.450. The molecule has 82 valence electrons. The minimum Gasteiger partial charge on any atom is -0.327 e. The fraction of sp³-hybridized carbons (Fsp3) is 0.833. The molecule has 0 aromatic rings. The Bertz CT molecular complexity index is 152. The molecule has 1 aliphatic heterocycles. The van der Waals surface area contributed by atoms with Crippen LogP contribution in [-0.2, 0) is 0 Å². The normalized spacial score (nSPS) is 23.6. The van der Waals surface area contributed by atoms with Crippen LogP contribution in [0.4, 0.5) is 0 Å². The van der Waals surface area contributed by atoms with E-state index >= 15 is 0 Å². The van der Waals surface area contributed by atoms with Crippen molar-refractivity contribution in [1.29, 1.82) is 0 Å². The number of unbranched alkanes of at least 4 members (excludes halogenated alkanes) is 3. The molecule has 0 aromatic carbocycles. The fourth-order valence-corrected chi connectivity index (χ4v) is 3.32. The zero-order valence-corrected chi connectivity index (χ0v) is 9.90. The molecule has 2 atom stereocenters. The van der Waals surface area contributed by atoms with Crippen molar-refractivity contribution in [2.24, 2.45) is 5.73 Å². The van der Waals surface area contributed by atoms with Crippen LogP contribution in [-0.4, -0.2) is 17.0 Å². The second-order valence-electron chi connectivity index (χ2n) is 4.14. The summed E-state index contributed by atoms with van der Waals surface area (Å²) >= 11 is 2.08. The highest BCUT2D eigenvalue weighted by Gasteiger charge is 2.21. The van der Waals surface area contributed by atoms with Crippen LogP contribution in [0.25, 0.3) is 0 Å². The molecule has 0 amide bonds. The Kier molecular flexibility index (Phi) is 6.37.